The van der Waals surface area contributed by atoms with E-state index in [1.165, 1.54) is 0 Å². The summed E-state index contributed by atoms with van der Waals surface area (Å²) in [5.74, 6) is 0.566. The third-order valence-electron chi connectivity index (χ3n) is 5.32. The number of anilines is 2. The minimum Gasteiger partial charge on any atom is -0.493 e. The van der Waals surface area contributed by atoms with E-state index in [1.54, 1.807) is 38.5 Å². The number of H-pyrrole nitrogens is 1. The number of para-hydroxylation sites is 1. The van der Waals surface area contributed by atoms with Gasteiger partial charge >= 0.3 is 0 Å². The number of carbonyl (C=O) groups excluding carboxylic acids is 3. The topological polar surface area (TPSA) is 147 Å². The van der Waals surface area contributed by atoms with E-state index in [9.17, 15) is 14.4 Å². The molecule has 4 N–H and O–H groups in total. The van der Waals surface area contributed by atoms with Crippen molar-refractivity contribution in [2.75, 3.05) is 24.9 Å². The molecule has 1 aliphatic rings. The number of nitrogens with zero attached hydrogens (tertiary/aromatic N) is 2. The van der Waals surface area contributed by atoms with E-state index >= 15 is 0 Å². The van der Waals surface area contributed by atoms with Gasteiger partial charge in [0.15, 0.2) is 11.5 Å². The lowest BCUT2D eigenvalue weighted by Gasteiger charge is -2.13. The fourth-order valence-electron chi connectivity index (χ4n) is 3.58. The van der Waals surface area contributed by atoms with Crippen molar-refractivity contribution in [3.8, 4) is 11.5 Å². The number of amides is 3. The van der Waals surface area contributed by atoms with Crippen molar-refractivity contribution in [2.45, 2.75) is 25.3 Å². The van der Waals surface area contributed by atoms with Crippen molar-refractivity contribution in [3.63, 3.8) is 0 Å². The fourth-order valence-corrected chi connectivity index (χ4v) is 3.58. The van der Waals surface area contributed by atoms with Gasteiger partial charge in [-0.2, -0.15) is 4.98 Å². The quantitative estimate of drug-likeness (QED) is 0.397. The predicted octanol–water partition coefficient (Wildman–Crippen LogP) is 1.69. The highest BCUT2D eigenvalue weighted by molar-refractivity contribution is 6.11. The second-order valence-electron chi connectivity index (χ2n) is 7.61. The zero-order chi connectivity index (χ0) is 24.1. The first kappa shape index (κ1) is 22.8. The minimum atomic E-state index is -1.02. The molecule has 3 amide bonds. The molecule has 3 aromatic rings. The summed E-state index contributed by atoms with van der Waals surface area (Å²) in [7, 11) is 3.16. The lowest BCUT2D eigenvalue weighted by atomic mass is 10.1. The second kappa shape index (κ2) is 10.0. The van der Waals surface area contributed by atoms with Gasteiger partial charge in [-0.3, -0.25) is 24.8 Å². The molecule has 1 aromatic heterocycles. The van der Waals surface area contributed by atoms with Crippen LogP contribution in [0, 0.1) is 0 Å². The van der Waals surface area contributed by atoms with E-state index in [0.29, 0.717) is 41.4 Å². The van der Waals surface area contributed by atoms with Gasteiger partial charge in [0.05, 0.1) is 31.9 Å². The molecule has 0 saturated heterocycles. The molecule has 0 unspecified atom stereocenters. The number of rotatable bonds is 8. The van der Waals surface area contributed by atoms with Crippen molar-refractivity contribution in [3.05, 3.63) is 59.4 Å². The van der Waals surface area contributed by atoms with Gasteiger partial charge in [0.25, 0.3) is 5.91 Å². The summed E-state index contributed by atoms with van der Waals surface area (Å²) >= 11 is 0. The van der Waals surface area contributed by atoms with E-state index in [0.717, 1.165) is 5.56 Å². The molecule has 0 aliphatic carbocycles. The first-order valence-corrected chi connectivity index (χ1v) is 10.6. The van der Waals surface area contributed by atoms with Crippen LogP contribution in [0.4, 0.5) is 11.6 Å². The lowest BCUT2D eigenvalue weighted by molar-refractivity contribution is -0.122. The van der Waals surface area contributed by atoms with E-state index in [2.05, 4.69) is 31.1 Å². The number of hydrogen-bond donors (Lipinski definition) is 4. The Kier molecular flexibility index (Phi) is 6.72. The Morgan fingerprint density at radius 1 is 1.06 bits per heavy atom. The van der Waals surface area contributed by atoms with Crippen molar-refractivity contribution < 1.29 is 23.9 Å². The van der Waals surface area contributed by atoms with Gasteiger partial charge in [-0.05, 0) is 36.2 Å². The van der Waals surface area contributed by atoms with Crippen LogP contribution in [0.2, 0.25) is 0 Å². The van der Waals surface area contributed by atoms with Gasteiger partial charge in [-0.15, -0.1) is 5.10 Å². The van der Waals surface area contributed by atoms with Crippen LogP contribution in [0.5, 0.6) is 11.5 Å². The van der Waals surface area contributed by atoms with Crippen LogP contribution < -0.4 is 25.4 Å². The van der Waals surface area contributed by atoms with E-state index in [-0.39, 0.29) is 12.4 Å². The van der Waals surface area contributed by atoms with E-state index in [4.69, 9.17) is 9.47 Å². The van der Waals surface area contributed by atoms with Gasteiger partial charge in [-0.1, -0.05) is 18.2 Å². The van der Waals surface area contributed by atoms with Crippen molar-refractivity contribution >= 4 is 29.4 Å². The summed E-state index contributed by atoms with van der Waals surface area (Å²) in [5.41, 5.74) is 1.77. The monoisotopic (exact) mass is 464 g/mol. The number of hydrogen-bond acceptors (Lipinski definition) is 7. The van der Waals surface area contributed by atoms with Crippen LogP contribution in [0.1, 0.15) is 28.2 Å². The number of aromatic nitrogens is 3. The number of aromatic amines is 1. The summed E-state index contributed by atoms with van der Waals surface area (Å²) in [4.78, 5) is 41.6. The summed E-state index contributed by atoms with van der Waals surface area (Å²) in [6.07, 6.45) is 0.955. The Hall–Kier alpha value is -4.41. The normalized spacial score (nSPS) is 14.9. The lowest BCUT2D eigenvalue weighted by Crippen LogP contribution is -2.43. The maximum Gasteiger partial charge on any atom is 0.254 e. The molecular formula is C23H24N6O5. The maximum atomic E-state index is 12.5. The highest BCUT2D eigenvalue weighted by atomic mass is 16.5. The maximum absolute atomic E-state index is 12.5. The molecule has 11 heteroatoms. The number of ether oxygens (including phenoxy) is 2. The second-order valence-corrected chi connectivity index (χ2v) is 7.61. The third-order valence-corrected chi connectivity index (χ3v) is 5.32. The molecule has 1 atom stereocenters. The van der Waals surface area contributed by atoms with Crippen LogP contribution in [0.3, 0.4) is 0 Å². The van der Waals surface area contributed by atoms with Crippen LogP contribution in [0.15, 0.2) is 42.5 Å². The number of nitrogens with one attached hydrogen (secondary N) is 4. The van der Waals surface area contributed by atoms with E-state index in [1.807, 2.05) is 18.2 Å². The van der Waals surface area contributed by atoms with Crippen molar-refractivity contribution in [2.24, 2.45) is 0 Å². The molecular weight excluding hydrogens is 440 g/mol. The molecule has 2 aromatic carbocycles. The summed E-state index contributed by atoms with van der Waals surface area (Å²) < 4.78 is 10.6. The van der Waals surface area contributed by atoms with Gasteiger partial charge in [0.1, 0.15) is 11.9 Å². The smallest absolute Gasteiger partial charge is 0.254 e. The standard InChI is InChI=1S/C23H24N6O5/c1-33-17-9-7-13(11-18(17)34-2)8-10-19-26-23(29-28-19)27-20(30)12-16-22(32)24-15-6-4-3-5-14(15)21(31)25-16/h3-7,9,11,16H,8,10,12H2,1-2H3,(H,24,32)(H,25,31)(H2,26,27,28,29,30)/t16-/m1/s1. The Morgan fingerprint density at radius 3 is 2.65 bits per heavy atom. The highest BCUT2D eigenvalue weighted by Crippen LogP contribution is 2.28. The highest BCUT2D eigenvalue weighted by Gasteiger charge is 2.29. The number of carbonyl (C=O) groups is 3. The van der Waals surface area contributed by atoms with Gasteiger partial charge in [0.2, 0.25) is 17.8 Å². The molecule has 176 valence electrons. The number of benzene rings is 2. The Bertz CT molecular complexity index is 1220. The Labute approximate surface area is 195 Å². The molecule has 0 radical (unpaired) electrons. The molecule has 0 bridgehead atoms. The van der Waals surface area contributed by atoms with Crippen molar-refractivity contribution in [1.82, 2.24) is 20.5 Å². The van der Waals surface area contributed by atoms with Crippen LogP contribution in [-0.4, -0.2) is 53.2 Å². The summed E-state index contributed by atoms with van der Waals surface area (Å²) in [6.45, 7) is 0. The molecule has 0 spiro atoms. The minimum absolute atomic E-state index is 0.0935. The average molecular weight is 464 g/mol. The zero-order valence-corrected chi connectivity index (χ0v) is 18.7. The fraction of sp³-hybridized carbons (Fsp3) is 0.261. The molecule has 4 rings (SSSR count). The molecule has 34 heavy (non-hydrogen) atoms. The van der Waals surface area contributed by atoms with Crippen LogP contribution in [-0.2, 0) is 22.4 Å². The molecule has 1 aliphatic heterocycles. The Morgan fingerprint density at radius 2 is 1.85 bits per heavy atom. The van der Waals surface area contributed by atoms with Gasteiger partial charge < -0.3 is 20.1 Å². The number of fused-ring (bicyclic) bond motifs is 1. The summed E-state index contributed by atoms with van der Waals surface area (Å²) in [5, 5.41) is 14.6. The zero-order valence-electron chi connectivity index (χ0n) is 18.7. The molecule has 0 saturated carbocycles. The van der Waals surface area contributed by atoms with E-state index < -0.39 is 23.8 Å². The predicted molar refractivity (Wildman–Crippen MR) is 123 cm³/mol. The number of aryl methyl sites for hydroxylation is 2. The van der Waals surface area contributed by atoms with Gasteiger partial charge in [0, 0.05) is 6.42 Å². The number of methoxy groups -OCH3 is 2. The molecule has 2 heterocycles. The third kappa shape index (κ3) is 5.14. The van der Waals surface area contributed by atoms with Crippen LogP contribution in [0.25, 0.3) is 0 Å². The summed E-state index contributed by atoms with van der Waals surface area (Å²) in [6, 6.07) is 11.3. The Balaban J connectivity index is 1.32. The largest absolute Gasteiger partial charge is 0.493 e. The van der Waals surface area contributed by atoms with Crippen LogP contribution >= 0.6 is 0 Å². The first-order chi connectivity index (χ1) is 16.5. The molecule has 11 nitrogen and oxygen atoms in total. The molecule has 0 fully saturated rings. The SMILES string of the molecule is COc1ccc(CCc2nc(NC(=O)C[C@H]3NC(=O)c4ccccc4NC3=O)n[nH]2)cc1OC. The van der Waals surface area contributed by atoms with Crippen molar-refractivity contribution in [1.29, 1.82) is 0 Å². The van der Waals surface area contributed by atoms with Gasteiger partial charge in [-0.25, -0.2) is 0 Å². The average Bonchev–Trinajstić information content (AvgIpc) is 3.24. The first-order valence-electron chi connectivity index (χ1n) is 10.6.